The van der Waals surface area contributed by atoms with Gasteiger partial charge in [0, 0.05) is 21.3 Å². The SMILES string of the molecule is CC(C)(C)C1CCC(CNCc2cc(Br)cs2)CC1. The normalized spacial score (nSPS) is 24.6. The first-order valence-corrected chi connectivity index (χ1v) is 9.06. The average Bonchev–Trinajstić information content (AvgIpc) is 2.75. The fourth-order valence-electron chi connectivity index (χ4n) is 3.08. The summed E-state index contributed by atoms with van der Waals surface area (Å²) in [5, 5.41) is 5.79. The summed E-state index contributed by atoms with van der Waals surface area (Å²) >= 11 is 5.34. The van der Waals surface area contributed by atoms with E-state index in [0.717, 1.165) is 18.4 Å². The molecule has 1 fully saturated rings. The van der Waals surface area contributed by atoms with E-state index in [1.807, 2.05) is 11.3 Å². The van der Waals surface area contributed by atoms with Gasteiger partial charge in [0.2, 0.25) is 0 Å². The van der Waals surface area contributed by atoms with Crippen molar-refractivity contribution in [1.29, 1.82) is 0 Å². The van der Waals surface area contributed by atoms with Gasteiger partial charge in [-0.15, -0.1) is 11.3 Å². The van der Waals surface area contributed by atoms with Crippen molar-refractivity contribution in [3.63, 3.8) is 0 Å². The zero-order chi connectivity index (χ0) is 13.9. The minimum absolute atomic E-state index is 0.502. The lowest BCUT2D eigenvalue weighted by atomic mass is 9.70. The molecule has 19 heavy (non-hydrogen) atoms. The van der Waals surface area contributed by atoms with Gasteiger partial charge in [-0.3, -0.25) is 0 Å². The van der Waals surface area contributed by atoms with Gasteiger partial charge in [0.05, 0.1) is 0 Å². The van der Waals surface area contributed by atoms with Crippen LogP contribution in [-0.2, 0) is 6.54 Å². The van der Waals surface area contributed by atoms with E-state index in [2.05, 4.69) is 53.5 Å². The Kier molecular flexibility index (Phi) is 5.50. The van der Waals surface area contributed by atoms with Crippen LogP contribution in [0.3, 0.4) is 0 Å². The van der Waals surface area contributed by atoms with Crippen molar-refractivity contribution in [3.8, 4) is 0 Å². The Balaban J connectivity index is 1.66. The predicted molar refractivity (Wildman–Crippen MR) is 88.6 cm³/mol. The van der Waals surface area contributed by atoms with Crippen LogP contribution in [0.1, 0.15) is 51.3 Å². The fourth-order valence-corrected chi connectivity index (χ4v) is 4.50. The lowest BCUT2D eigenvalue weighted by molar-refractivity contribution is 0.149. The van der Waals surface area contributed by atoms with Gasteiger partial charge in [0.15, 0.2) is 0 Å². The van der Waals surface area contributed by atoms with Gasteiger partial charge in [0.1, 0.15) is 0 Å². The second-order valence-electron chi connectivity index (χ2n) is 6.95. The van der Waals surface area contributed by atoms with Crippen LogP contribution in [0.2, 0.25) is 0 Å². The van der Waals surface area contributed by atoms with Gasteiger partial charge in [-0.25, -0.2) is 0 Å². The van der Waals surface area contributed by atoms with E-state index in [0.29, 0.717) is 5.41 Å². The van der Waals surface area contributed by atoms with E-state index >= 15 is 0 Å². The van der Waals surface area contributed by atoms with Crippen LogP contribution >= 0.6 is 27.3 Å². The summed E-state index contributed by atoms with van der Waals surface area (Å²) in [4.78, 5) is 1.43. The molecular formula is C16H26BrNS. The summed E-state index contributed by atoms with van der Waals surface area (Å²) in [5.41, 5.74) is 0.502. The summed E-state index contributed by atoms with van der Waals surface area (Å²) in [6.45, 7) is 9.39. The lowest BCUT2D eigenvalue weighted by Gasteiger charge is -2.37. The van der Waals surface area contributed by atoms with Crippen molar-refractivity contribution in [2.24, 2.45) is 17.3 Å². The Morgan fingerprint density at radius 3 is 2.47 bits per heavy atom. The molecule has 0 saturated heterocycles. The van der Waals surface area contributed by atoms with E-state index in [9.17, 15) is 0 Å². The highest BCUT2D eigenvalue weighted by Crippen LogP contribution is 2.39. The molecule has 3 heteroatoms. The molecule has 0 aromatic carbocycles. The standard InChI is InChI=1S/C16H26BrNS/c1-16(2,3)13-6-4-12(5-7-13)9-18-10-15-8-14(17)11-19-15/h8,11-13,18H,4-7,9-10H2,1-3H3. The van der Waals surface area contributed by atoms with E-state index in [1.54, 1.807) is 0 Å². The van der Waals surface area contributed by atoms with E-state index in [4.69, 9.17) is 0 Å². The highest BCUT2D eigenvalue weighted by Gasteiger charge is 2.29. The highest BCUT2D eigenvalue weighted by molar-refractivity contribution is 9.10. The van der Waals surface area contributed by atoms with Crippen LogP contribution < -0.4 is 5.32 Å². The van der Waals surface area contributed by atoms with Gasteiger partial charge in [0.25, 0.3) is 0 Å². The number of halogens is 1. The Morgan fingerprint density at radius 1 is 1.26 bits per heavy atom. The zero-order valence-electron chi connectivity index (χ0n) is 12.3. The minimum Gasteiger partial charge on any atom is -0.312 e. The van der Waals surface area contributed by atoms with Crippen LogP contribution in [0, 0.1) is 17.3 Å². The molecule has 1 nitrogen and oxygen atoms in total. The molecule has 1 N–H and O–H groups in total. The van der Waals surface area contributed by atoms with Gasteiger partial charge in [-0.05, 0) is 71.5 Å². The quantitative estimate of drug-likeness (QED) is 0.765. The van der Waals surface area contributed by atoms with Crippen LogP contribution in [0.25, 0.3) is 0 Å². The summed E-state index contributed by atoms with van der Waals surface area (Å²) in [6.07, 6.45) is 5.65. The smallest absolute Gasteiger partial charge is 0.0300 e. The molecule has 1 aliphatic rings. The molecule has 108 valence electrons. The van der Waals surface area contributed by atoms with Gasteiger partial charge < -0.3 is 5.32 Å². The van der Waals surface area contributed by atoms with Gasteiger partial charge in [-0.2, -0.15) is 0 Å². The maximum Gasteiger partial charge on any atom is 0.0300 e. The molecule has 2 rings (SSSR count). The Hall–Kier alpha value is 0.140. The molecule has 0 unspecified atom stereocenters. The minimum atomic E-state index is 0.502. The van der Waals surface area contributed by atoms with Gasteiger partial charge in [-0.1, -0.05) is 20.8 Å². The number of thiophene rings is 1. The molecule has 0 spiro atoms. The molecular weight excluding hydrogens is 318 g/mol. The number of rotatable bonds is 4. The van der Waals surface area contributed by atoms with Crippen molar-refractivity contribution >= 4 is 27.3 Å². The molecule has 0 bridgehead atoms. The Bertz CT molecular complexity index is 386. The van der Waals surface area contributed by atoms with Crippen molar-refractivity contribution < 1.29 is 0 Å². The molecule has 0 radical (unpaired) electrons. The Labute approximate surface area is 130 Å². The third-order valence-corrected chi connectivity index (χ3v) is 6.12. The Morgan fingerprint density at radius 2 is 1.95 bits per heavy atom. The van der Waals surface area contributed by atoms with Crippen LogP contribution in [0.4, 0.5) is 0 Å². The molecule has 0 aliphatic heterocycles. The monoisotopic (exact) mass is 343 g/mol. The second kappa shape index (κ2) is 6.73. The van der Waals surface area contributed by atoms with Crippen molar-refractivity contribution in [2.75, 3.05) is 6.54 Å². The summed E-state index contributed by atoms with van der Waals surface area (Å²) in [5.74, 6) is 1.82. The van der Waals surface area contributed by atoms with Crippen molar-refractivity contribution in [1.82, 2.24) is 5.32 Å². The van der Waals surface area contributed by atoms with Crippen molar-refractivity contribution in [3.05, 3.63) is 20.8 Å². The largest absolute Gasteiger partial charge is 0.312 e. The van der Waals surface area contributed by atoms with E-state index in [-0.39, 0.29) is 0 Å². The van der Waals surface area contributed by atoms with Crippen molar-refractivity contribution in [2.45, 2.75) is 53.0 Å². The van der Waals surface area contributed by atoms with Crippen LogP contribution in [0.5, 0.6) is 0 Å². The number of hydrogen-bond donors (Lipinski definition) is 1. The molecule has 1 saturated carbocycles. The molecule has 1 aliphatic carbocycles. The third-order valence-electron chi connectivity index (χ3n) is 4.43. The molecule has 0 amide bonds. The second-order valence-corrected chi connectivity index (χ2v) is 8.86. The van der Waals surface area contributed by atoms with Crippen LogP contribution in [-0.4, -0.2) is 6.54 Å². The summed E-state index contributed by atoms with van der Waals surface area (Å²) in [6, 6.07) is 2.22. The topological polar surface area (TPSA) is 12.0 Å². The van der Waals surface area contributed by atoms with Gasteiger partial charge >= 0.3 is 0 Å². The first kappa shape index (κ1) is 15.5. The third kappa shape index (κ3) is 4.87. The summed E-state index contributed by atoms with van der Waals surface area (Å²) < 4.78 is 1.21. The summed E-state index contributed by atoms with van der Waals surface area (Å²) in [7, 11) is 0. The molecule has 1 aromatic heterocycles. The lowest BCUT2D eigenvalue weighted by Crippen LogP contribution is -2.30. The molecule has 0 atom stereocenters. The zero-order valence-corrected chi connectivity index (χ0v) is 14.7. The maximum absolute atomic E-state index is 3.63. The maximum atomic E-state index is 3.63. The highest BCUT2D eigenvalue weighted by atomic mass is 79.9. The first-order valence-electron chi connectivity index (χ1n) is 7.39. The molecule has 1 heterocycles. The average molecular weight is 344 g/mol. The predicted octanol–water partition coefficient (Wildman–Crippen LogP) is 5.45. The van der Waals surface area contributed by atoms with Crippen LogP contribution in [0.15, 0.2) is 15.9 Å². The first-order chi connectivity index (χ1) is 8.95. The van der Waals surface area contributed by atoms with E-state index in [1.165, 1.54) is 41.6 Å². The number of nitrogens with one attached hydrogen (secondary N) is 1. The fraction of sp³-hybridized carbons (Fsp3) is 0.750. The molecule has 1 aromatic rings. The van der Waals surface area contributed by atoms with E-state index < -0.39 is 0 Å². The number of hydrogen-bond acceptors (Lipinski definition) is 2.